The summed E-state index contributed by atoms with van der Waals surface area (Å²) in [4.78, 5) is 19.8. The molecule has 1 aromatic heterocycles. The maximum Gasteiger partial charge on any atom is 0.254 e. The number of carbonyl (C=O) groups is 1. The number of nitrogens with two attached hydrogens (primary N) is 1. The van der Waals surface area contributed by atoms with E-state index in [1.54, 1.807) is 0 Å². The van der Waals surface area contributed by atoms with Gasteiger partial charge in [0.2, 0.25) is 0 Å². The highest BCUT2D eigenvalue weighted by Crippen LogP contribution is 2.43. The quantitative estimate of drug-likeness (QED) is 0.641. The van der Waals surface area contributed by atoms with Gasteiger partial charge in [0.05, 0.1) is 16.3 Å². The molecule has 5 nitrogen and oxygen atoms in total. The van der Waals surface area contributed by atoms with Gasteiger partial charge >= 0.3 is 0 Å². The number of hydrogen-bond donors (Lipinski definition) is 2. The Labute approximate surface area is 180 Å². The van der Waals surface area contributed by atoms with E-state index >= 15 is 0 Å². The van der Waals surface area contributed by atoms with Gasteiger partial charge < -0.3 is 16.0 Å². The first-order valence-electron chi connectivity index (χ1n) is 8.93. The number of likely N-dealkylation sites (tertiary alicyclic amines) is 1. The molecule has 0 radical (unpaired) electrons. The minimum absolute atomic E-state index is 0. The van der Waals surface area contributed by atoms with Gasteiger partial charge in [-0.1, -0.05) is 41.7 Å². The van der Waals surface area contributed by atoms with E-state index in [1.807, 2.05) is 24.3 Å². The Balaban J connectivity index is 0.00000112. The second kappa shape index (κ2) is 8.25. The summed E-state index contributed by atoms with van der Waals surface area (Å²) < 4.78 is 1.01. The fourth-order valence-corrected chi connectivity index (χ4v) is 5.17. The predicted octanol–water partition coefficient (Wildman–Crippen LogP) is 3.75. The van der Waals surface area contributed by atoms with E-state index in [0.29, 0.717) is 22.5 Å². The van der Waals surface area contributed by atoms with E-state index in [-0.39, 0.29) is 36.8 Å². The van der Waals surface area contributed by atoms with Crippen LogP contribution in [-0.4, -0.2) is 35.4 Å². The number of nitrogens with one attached hydrogen (secondary N) is 1. The number of nitrogens with zero attached hydrogens (tertiary/aromatic N) is 2. The molecule has 3 heterocycles. The van der Waals surface area contributed by atoms with Gasteiger partial charge in [-0.2, -0.15) is 0 Å². The Morgan fingerprint density at radius 2 is 1.93 bits per heavy atom. The van der Waals surface area contributed by atoms with Crippen molar-refractivity contribution < 1.29 is 4.79 Å². The molecule has 2 aliphatic heterocycles. The van der Waals surface area contributed by atoms with Gasteiger partial charge in [-0.15, -0.1) is 24.8 Å². The van der Waals surface area contributed by atoms with Crippen LogP contribution in [0.1, 0.15) is 22.0 Å². The average Bonchev–Trinajstić information content (AvgIpc) is 3.33. The summed E-state index contributed by atoms with van der Waals surface area (Å²) in [5.74, 6) is 1.07. The van der Waals surface area contributed by atoms with E-state index in [1.165, 1.54) is 16.9 Å². The van der Waals surface area contributed by atoms with Gasteiger partial charge in [0.1, 0.15) is 0 Å². The van der Waals surface area contributed by atoms with Crippen LogP contribution in [-0.2, 0) is 0 Å². The van der Waals surface area contributed by atoms with Crippen molar-refractivity contribution in [3.63, 3.8) is 0 Å². The van der Waals surface area contributed by atoms with Gasteiger partial charge in [-0.3, -0.25) is 4.79 Å². The van der Waals surface area contributed by atoms with Crippen LogP contribution in [0.15, 0.2) is 48.5 Å². The molecule has 8 heteroatoms. The molecule has 2 aromatic carbocycles. The van der Waals surface area contributed by atoms with Crippen LogP contribution in [0, 0.1) is 11.8 Å². The van der Waals surface area contributed by atoms with E-state index < -0.39 is 0 Å². The Bertz CT molecular complexity index is 981. The standard InChI is InChI=1S/C20H20N4OS.2ClH/c21-20-23-16-8-13(6-7-17(16)26-20)19(25)24-11-14-9-22-10-15(14)18(24)12-4-2-1-3-5-12;;/h1-8,14-15,18,22H,9-11H2,(H2,21,23);2*1H/t14-,15-,18+;;/m0../s1. The number of halogens is 2. The third kappa shape index (κ3) is 3.46. The van der Waals surface area contributed by atoms with Crippen molar-refractivity contribution in [2.75, 3.05) is 25.4 Å². The summed E-state index contributed by atoms with van der Waals surface area (Å²) in [5.41, 5.74) is 8.52. The summed E-state index contributed by atoms with van der Waals surface area (Å²) in [7, 11) is 0. The molecule has 0 saturated carbocycles. The van der Waals surface area contributed by atoms with Crippen molar-refractivity contribution in [3.05, 3.63) is 59.7 Å². The summed E-state index contributed by atoms with van der Waals surface area (Å²) in [5, 5.41) is 4.03. The molecule has 1 amide bonds. The summed E-state index contributed by atoms with van der Waals surface area (Å²) in [6.07, 6.45) is 0. The molecular weight excluding hydrogens is 415 g/mol. The normalized spacial score (nSPS) is 23.1. The highest BCUT2D eigenvalue weighted by molar-refractivity contribution is 7.22. The second-order valence-corrected chi connectivity index (χ2v) is 8.19. The largest absolute Gasteiger partial charge is 0.375 e. The van der Waals surface area contributed by atoms with Crippen molar-refractivity contribution in [1.29, 1.82) is 0 Å². The molecule has 28 heavy (non-hydrogen) atoms. The van der Waals surface area contributed by atoms with Crippen LogP contribution < -0.4 is 11.1 Å². The molecule has 2 aliphatic rings. The minimum Gasteiger partial charge on any atom is -0.375 e. The minimum atomic E-state index is 0. The number of nitrogen functional groups attached to an aromatic ring is 1. The highest BCUT2D eigenvalue weighted by Gasteiger charge is 2.46. The summed E-state index contributed by atoms with van der Waals surface area (Å²) in [6, 6.07) is 16.2. The molecule has 5 rings (SSSR count). The third-order valence-corrected chi connectivity index (χ3v) is 6.48. The number of thiazole rings is 1. The Morgan fingerprint density at radius 3 is 2.71 bits per heavy atom. The number of carbonyl (C=O) groups excluding carboxylic acids is 1. The first-order valence-corrected chi connectivity index (χ1v) is 9.75. The lowest BCUT2D eigenvalue weighted by molar-refractivity contribution is 0.0714. The van der Waals surface area contributed by atoms with Crippen molar-refractivity contribution in [2.45, 2.75) is 6.04 Å². The Morgan fingerprint density at radius 1 is 1.14 bits per heavy atom. The van der Waals surface area contributed by atoms with Crippen molar-refractivity contribution in [3.8, 4) is 0 Å². The molecule has 2 saturated heterocycles. The number of aromatic nitrogens is 1. The van der Waals surface area contributed by atoms with E-state index in [2.05, 4.69) is 39.5 Å². The van der Waals surface area contributed by atoms with Crippen molar-refractivity contribution >= 4 is 57.4 Å². The third-order valence-electron chi connectivity index (χ3n) is 5.62. The smallest absolute Gasteiger partial charge is 0.254 e. The zero-order valence-corrected chi connectivity index (χ0v) is 17.5. The van der Waals surface area contributed by atoms with Gasteiger partial charge in [0.15, 0.2) is 5.13 Å². The lowest BCUT2D eigenvalue weighted by Crippen LogP contribution is -2.34. The maximum atomic E-state index is 13.4. The van der Waals surface area contributed by atoms with Crippen LogP contribution >= 0.6 is 36.2 Å². The molecule has 0 unspecified atom stereocenters. The lowest BCUT2D eigenvalue weighted by atomic mass is 9.89. The molecule has 3 aromatic rings. The zero-order valence-electron chi connectivity index (χ0n) is 15.1. The Hall–Kier alpha value is -1.86. The molecule has 3 atom stereocenters. The van der Waals surface area contributed by atoms with Crippen molar-refractivity contribution in [1.82, 2.24) is 15.2 Å². The number of rotatable bonds is 2. The molecule has 0 spiro atoms. The fraction of sp³-hybridized carbons (Fsp3) is 0.300. The van der Waals surface area contributed by atoms with Crippen LogP contribution in [0.2, 0.25) is 0 Å². The summed E-state index contributed by atoms with van der Waals surface area (Å²) in [6.45, 7) is 2.75. The number of fused-ring (bicyclic) bond motifs is 2. The average molecular weight is 437 g/mol. The Kier molecular flexibility index (Phi) is 6.15. The van der Waals surface area contributed by atoms with Gasteiger partial charge in [0.25, 0.3) is 5.91 Å². The molecule has 2 fully saturated rings. The van der Waals surface area contributed by atoms with Gasteiger partial charge in [0, 0.05) is 31.1 Å². The van der Waals surface area contributed by atoms with E-state index in [9.17, 15) is 4.79 Å². The first kappa shape index (κ1) is 20.9. The monoisotopic (exact) mass is 436 g/mol. The van der Waals surface area contributed by atoms with Crippen molar-refractivity contribution in [2.24, 2.45) is 11.8 Å². The van der Waals surface area contributed by atoms with Crippen LogP contribution in [0.25, 0.3) is 10.2 Å². The van der Waals surface area contributed by atoms with E-state index in [0.717, 1.165) is 29.9 Å². The number of amides is 1. The number of hydrogen-bond acceptors (Lipinski definition) is 5. The second-order valence-electron chi connectivity index (χ2n) is 7.13. The SMILES string of the molecule is Cl.Cl.Nc1nc2cc(C(=O)N3C[C@@H]4CNC[C@@H]4[C@H]3c3ccccc3)ccc2s1. The molecule has 0 bridgehead atoms. The van der Waals surface area contributed by atoms with Gasteiger partial charge in [-0.25, -0.2) is 4.98 Å². The summed E-state index contributed by atoms with van der Waals surface area (Å²) >= 11 is 1.45. The molecular formula is C20H22Cl2N4OS. The molecule has 0 aliphatic carbocycles. The topological polar surface area (TPSA) is 71.2 Å². The zero-order chi connectivity index (χ0) is 17.7. The fourth-order valence-electron chi connectivity index (χ4n) is 4.45. The lowest BCUT2D eigenvalue weighted by Gasteiger charge is -2.28. The van der Waals surface area contributed by atoms with E-state index in [4.69, 9.17) is 5.73 Å². The van der Waals surface area contributed by atoms with Crippen LogP contribution in [0.5, 0.6) is 0 Å². The van der Waals surface area contributed by atoms with Crippen LogP contribution in [0.3, 0.4) is 0 Å². The number of benzene rings is 2. The molecule has 148 valence electrons. The molecule has 3 N–H and O–H groups in total. The van der Waals surface area contributed by atoms with Gasteiger partial charge in [-0.05, 0) is 29.7 Å². The van der Waals surface area contributed by atoms with Crippen LogP contribution in [0.4, 0.5) is 5.13 Å². The number of anilines is 1. The highest BCUT2D eigenvalue weighted by atomic mass is 35.5. The maximum absolute atomic E-state index is 13.4. The predicted molar refractivity (Wildman–Crippen MR) is 119 cm³/mol. The first-order chi connectivity index (χ1) is 12.7.